The number of carbonyl (C=O) groups is 2. The maximum Gasteiger partial charge on any atom is 0.321 e. The van der Waals surface area contributed by atoms with Crippen LogP contribution in [0.2, 0.25) is 0 Å². The van der Waals surface area contributed by atoms with Crippen molar-refractivity contribution in [1.82, 2.24) is 4.90 Å². The van der Waals surface area contributed by atoms with Gasteiger partial charge < -0.3 is 25.0 Å². The van der Waals surface area contributed by atoms with Crippen LogP contribution in [0.25, 0.3) is 0 Å². The van der Waals surface area contributed by atoms with Gasteiger partial charge in [-0.3, -0.25) is 4.79 Å². The molecule has 7 heteroatoms. The molecular formula is C24H27N3O4. The van der Waals surface area contributed by atoms with Crippen molar-refractivity contribution in [2.45, 2.75) is 44.3 Å². The molecule has 0 aromatic heterocycles. The maximum absolute atomic E-state index is 12.8. The fourth-order valence-corrected chi connectivity index (χ4v) is 4.60. The molecule has 0 radical (unpaired) electrons. The van der Waals surface area contributed by atoms with Crippen LogP contribution < -0.4 is 20.1 Å². The Morgan fingerprint density at radius 3 is 2.32 bits per heavy atom. The van der Waals surface area contributed by atoms with Crippen molar-refractivity contribution >= 4 is 23.3 Å². The van der Waals surface area contributed by atoms with Crippen LogP contribution in [-0.4, -0.2) is 35.7 Å². The number of nitrogens with one attached hydrogen (secondary N) is 2. The fraction of sp³-hybridized carbons (Fsp3) is 0.417. The first-order chi connectivity index (χ1) is 15.1. The van der Waals surface area contributed by atoms with E-state index in [9.17, 15) is 9.59 Å². The molecular weight excluding hydrogens is 394 g/mol. The Morgan fingerprint density at radius 2 is 1.58 bits per heavy atom. The minimum absolute atomic E-state index is 0.0161. The molecule has 3 aliphatic rings. The molecule has 2 heterocycles. The lowest BCUT2D eigenvalue weighted by atomic mass is 9.96. The summed E-state index contributed by atoms with van der Waals surface area (Å²) in [5.74, 6) is 0.813. The van der Waals surface area contributed by atoms with Crippen molar-refractivity contribution in [2.75, 3.05) is 23.7 Å². The molecule has 1 saturated heterocycles. The number of fused-ring (bicyclic) bond motifs is 1. The zero-order valence-electron chi connectivity index (χ0n) is 17.4. The van der Waals surface area contributed by atoms with Gasteiger partial charge in [0.05, 0.1) is 0 Å². The summed E-state index contributed by atoms with van der Waals surface area (Å²) in [6.45, 7) is 1.11. The molecule has 7 nitrogen and oxygen atoms in total. The zero-order chi connectivity index (χ0) is 21.3. The Labute approximate surface area is 181 Å². The van der Waals surface area contributed by atoms with Gasteiger partial charge >= 0.3 is 6.03 Å². The normalized spacial score (nSPS) is 19.4. The summed E-state index contributed by atoms with van der Waals surface area (Å²) in [5, 5.41) is 5.91. The van der Waals surface area contributed by atoms with Crippen LogP contribution in [0.1, 0.15) is 38.5 Å². The number of rotatable bonds is 3. The predicted octanol–water partition coefficient (Wildman–Crippen LogP) is 4.61. The molecule has 31 heavy (non-hydrogen) atoms. The van der Waals surface area contributed by atoms with E-state index in [1.165, 1.54) is 0 Å². The second-order valence-corrected chi connectivity index (χ2v) is 8.53. The van der Waals surface area contributed by atoms with E-state index < -0.39 is 5.79 Å². The lowest BCUT2D eigenvalue weighted by molar-refractivity contribution is -0.121. The van der Waals surface area contributed by atoms with Crippen LogP contribution in [-0.2, 0) is 4.79 Å². The minimum Gasteiger partial charge on any atom is -0.448 e. The lowest BCUT2D eigenvalue weighted by Gasteiger charge is -2.31. The fourth-order valence-electron chi connectivity index (χ4n) is 4.60. The van der Waals surface area contributed by atoms with E-state index in [1.807, 2.05) is 48.5 Å². The van der Waals surface area contributed by atoms with Crippen molar-refractivity contribution in [3.05, 3.63) is 48.5 Å². The van der Waals surface area contributed by atoms with Crippen molar-refractivity contribution in [3.63, 3.8) is 0 Å². The predicted molar refractivity (Wildman–Crippen MR) is 117 cm³/mol. The Kier molecular flexibility index (Phi) is 5.18. The van der Waals surface area contributed by atoms with Crippen molar-refractivity contribution in [1.29, 1.82) is 0 Å². The van der Waals surface area contributed by atoms with Crippen LogP contribution in [0.5, 0.6) is 11.5 Å². The van der Waals surface area contributed by atoms with Gasteiger partial charge in [0.1, 0.15) is 0 Å². The summed E-state index contributed by atoms with van der Waals surface area (Å²) in [6.07, 6.45) is 5.31. The monoisotopic (exact) mass is 421 g/mol. The number of hydrogen-bond donors (Lipinski definition) is 2. The standard InChI is InChI=1S/C24H27N3O4/c28-22(17-10-14-27(15-11-17)23(29)26-18-6-2-1-3-7-18)25-19-8-9-20-21(16-19)31-24(30-20)12-4-5-13-24/h1-3,6-9,16-17H,4-5,10-15H2,(H,25,28)(H,26,29). The molecule has 2 fully saturated rings. The summed E-state index contributed by atoms with van der Waals surface area (Å²) in [6, 6.07) is 14.9. The number of nitrogens with zero attached hydrogens (tertiary/aromatic N) is 1. The van der Waals surface area contributed by atoms with E-state index in [0.29, 0.717) is 37.4 Å². The van der Waals surface area contributed by atoms with E-state index in [2.05, 4.69) is 10.6 Å². The van der Waals surface area contributed by atoms with Crippen molar-refractivity contribution < 1.29 is 19.1 Å². The first-order valence-corrected chi connectivity index (χ1v) is 11.0. The molecule has 1 aliphatic carbocycles. The largest absolute Gasteiger partial charge is 0.448 e. The molecule has 1 saturated carbocycles. The number of piperidine rings is 1. The number of ether oxygens (including phenoxy) is 2. The van der Waals surface area contributed by atoms with E-state index in [0.717, 1.165) is 37.1 Å². The maximum atomic E-state index is 12.8. The van der Waals surface area contributed by atoms with Gasteiger partial charge in [0.25, 0.3) is 5.79 Å². The van der Waals surface area contributed by atoms with Crippen molar-refractivity contribution in [3.8, 4) is 11.5 Å². The number of amides is 3. The smallest absolute Gasteiger partial charge is 0.321 e. The number of anilines is 2. The molecule has 5 rings (SSSR count). The number of hydrogen-bond acceptors (Lipinski definition) is 4. The van der Waals surface area contributed by atoms with Crippen LogP contribution in [0.4, 0.5) is 16.2 Å². The number of urea groups is 1. The molecule has 0 unspecified atom stereocenters. The van der Waals surface area contributed by atoms with Crippen molar-refractivity contribution in [2.24, 2.45) is 5.92 Å². The molecule has 2 aromatic carbocycles. The molecule has 0 atom stereocenters. The number of para-hydroxylation sites is 1. The Balaban J connectivity index is 1.14. The van der Waals surface area contributed by atoms with Gasteiger partial charge in [-0.2, -0.15) is 0 Å². The quantitative estimate of drug-likeness (QED) is 0.758. The highest BCUT2D eigenvalue weighted by Gasteiger charge is 2.44. The minimum atomic E-state index is -0.502. The second-order valence-electron chi connectivity index (χ2n) is 8.53. The Bertz CT molecular complexity index is 964. The third-order valence-corrected chi connectivity index (χ3v) is 6.35. The second kappa shape index (κ2) is 8.13. The van der Waals surface area contributed by atoms with Crippen LogP contribution in [0.15, 0.2) is 48.5 Å². The van der Waals surface area contributed by atoms with Gasteiger partial charge in [0.15, 0.2) is 11.5 Å². The van der Waals surface area contributed by atoms with Crippen LogP contribution in [0, 0.1) is 5.92 Å². The van der Waals surface area contributed by atoms with E-state index in [-0.39, 0.29) is 17.9 Å². The van der Waals surface area contributed by atoms with Gasteiger partial charge in [-0.25, -0.2) is 4.79 Å². The van der Waals surface area contributed by atoms with E-state index in [4.69, 9.17) is 9.47 Å². The van der Waals surface area contributed by atoms with E-state index >= 15 is 0 Å². The third-order valence-electron chi connectivity index (χ3n) is 6.35. The highest BCUT2D eigenvalue weighted by atomic mass is 16.7. The topological polar surface area (TPSA) is 79.9 Å². The Hall–Kier alpha value is -3.22. The number of likely N-dealkylation sites (tertiary alicyclic amines) is 1. The third kappa shape index (κ3) is 4.17. The zero-order valence-corrected chi connectivity index (χ0v) is 17.4. The highest BCUT2D eigenvalue weighted by molar-refractivity contribution is 5.93. The van der Waals surface area contributed by atoms with Crippen LogP contribution in [0.3, 0.4) is 0 Å². The van der Waals surface area contributed by atoms with Crippen LogP contribution >= 0.6 is 0 Å². The molecule has 2 aromatic rings. The van der Waals surface area contributed by atoms with E-state index in [1.54, 1.807) is 4.90 Å². The average Bonchev–Trinajstić information content (AvgIpc) is 3.39. The average molecular weight is 421 g/mol. The Morgan fingerprint density at radius 1 is 0.871 bits per heavy atom. The van der Waals surface area contributed by atoms with Gasteiger partial charge in [-0.05, 0) is 49.9 Å². The highest BCUT2D eigenvalue weighted by Crippen LogP contribution is 2.47. The first-order valence-electron chi connectivity index (χ1n) is 11.0. The van der Waals surface area contributed by atoms with Gasteiger partial charge in [0.2, 0.25) is 5.91 Å². The molecule has 0 bridgehead atoms. The molecule has 2 aliphatic heterocycles. The SMILES string of the molecule is O=C(Nc1ccc2c(c1)OC1(CCCC1)O2)C1CCN(C(=O)Nc2ccccc2)CC1. The van der Waals surface area contributed by atoms with Gasteiger partial charge in [-0.15, -0.1) is 0 Å². The summed E-state index contributed by atoms with van der Waals surface area (Å²) >= 11 is 0. The molecule has 1 spiro atoms. The molecule has 2 N–H and O–H groups in total. The lowest BCUT2D eigenvalue weighted by Crippen LogP contribution is -2.43. The first kappa shape index (κ1) is 19.7. The van der Waals surface area contributed by atoms with Gasteiger partial charge in [-0.1, -0.05) is 18.2 Å². The summed E-state index contributed by atoms with van der Waals surface area (Å²) in [7, 11) is 0. The van der Waals surface area contributed by atoms with Gasteiger partial charge in [0, 0.05) is 49.3 Å². The summed E-state index contributed by atoms with van der Waals surface area (Å²) in [4.78, 5) is 27.0. The summed E-state index contributed by atoms with van der Waals surface area (Å²) in [5.41, 5.74) is 1.49. The molecule has 3 amide bonds. The number of benzene rings is 2. The molecule has 162 valence electrons. The summed E-state index contributed by atoms with van der Waals surface area (Å²) < 4.78 is 12.1. The number of carbonyl (C=O) groups excluding carboxylic acids is 2.